The van der Waals surface area contributed by atoms with E-state index in [9.17, 15) is 0 Å². The van der Waals surface area contributed by atoms with Crippen LogP contribution in [-0.4, -0.2) is 34.7 Å². The fourth-order valence-corrected chi connectivity index (χ4v) is 1.51. The van der Waals surface area contributed by atoms with E-state index in [0.29, 0.717) is 13.2 Å². The number of hydrogen-bond donors (Lipinski definition) is 0. The highest BCUT2D eigenvalue weighted by molar-refractivity contribution is 6.32. The zero-order chi connectivity index (χ0) is 11.8. The molecule has 0 fully saturated rings. The van der Waals surface area contributed by atoms with Crippen molar-refractivity contribution in [3.05, 3.63) is 23.8 Å². The highest BCUT2D eigenvalue weighted by Gasteiger charge is 2.02. The minimum atomic E-state index is 0.565. The maximum atomic E-state index is 5.57. The zero-order valence-electron chi connectivity index (χ0n) is 10.3. The van der Waals surface area contributed by atoms with E-state index in [2.05, 4.69) is 12.9 Å². The van der Waals surface area contributed by atoms with Crippen molar-refractivity contribution >= 4 is 7.28 Å². The van der Waals surface area contributed by atoms with Gasteiger partial charge in [0.05, 0.1) is 13.7 Å². The monoisotopic (exact) mass is 222 g/mol. The van der Waals surface area contributed by atoms with Gasteiger partial charge in [0.2, 0.25) is 0 Å². The molecule has 0 aliphatic rings. The summed E-state index contributed by atoms with van der Waals surface area (Å²) in [5.41, 5.74) is 1.24. The Bertz CT molecular complexity index is 315. The third kappa shape index (κ3) is 4.15. The summed E-state index contributed by atoms with van der Waals surface area (Å²) in [6.45, 7) is 3.32. The highest BCUT2D eigenvalue weighted by Crippen LogP contribution is 2.22. The molecule has 0 heterocycles. The summed E-state index contributed by atoms with van der Waals surface area (Å²) in [4.78, 5) is 0. The largest absolute Gasteiger partial charge is 0.497 e. The van der Waals surface area contributed by atoms with E-state index < -0.39 is 0 Å². The van der Waals surface area contributed by atoms with Gasteiger partial charge in [0.1, 0.15) is 25.4 Å². The molecule has 0 bridgehead atoms. The second-order valence-corrected chi connectivity index (χ2v) is 3.61. The van der Waals surface area contributed by atoms with E-state index in [1.165, 1.54) is 5.56 Å². The summed E-state index contributed by atoms with van der Waals surface area (Å²) in [6.07, 6.45) is 1.04. The quantitative estimate of drug-likeness (QED) is 0.519. The van der Waals surface area contributed by atoms with E-state index >= 15 is 0 Å². The SMILES string of the molecule is CBCc1cc(OC)cc(OCCOC)c1. The van der Waals surface area contributed by atoms with Gasteiger partial charge in [-0.2, -0.15) is 0 Å². The van der Waals surface area contributed by atoms with Crippen molar-refractivity contribution in [1.82, 2.24) is 0 Å². The Balaban J connectivity index is 2.69. The van der Waals surface area contributed by atoms with Crippen molar-refractivity contribution in [3.8, 4) is 11.5 Å². The number of ether oxygens (including phenoxy) is 3. The molecule has 1 aromatic carbocycles. The second kappa shape index (κ2) is 7.17. The molecule has 0 atom stereocenters. The average Bonchev–Trinajstić information content (AvgIpc) is 2.29. The van der Waals surface area contributed by atoms with Gasteiger partial charge in [0.15, 0.2) is 0 Å². The van der Waals surface area contributed by atoms with Crippen LogP contribution in [0.5, 0.6) is 11.5 Å². The molecule has 1 rings (SSSR count). The third-order valence-electron chi connectivity index (χ3n) is 2.27. The molecule has 4 heteroatoms. The lowest BCUT2D eigenvalue weighted by molar-refractivity contribution is 0.146. The highest BCUT2D eigenvalue weighted by atomic mass is 16.5. The van der Waals surface area contributed by atoms with Gasteiger partial charge in [0, 0.05) is 13.2 Å². The minimum absolute atomic E-state index is 0.565. The fourth-order valence-electron chi connectivity index (χ4n) is 1.51. The lowest BCUT2D eigenvalue weighted by Crippen LogP contribution is -2.05. The summed E-state index contributed by atoms with van der Waals surface area (Å²) >= 11 is 0. The van der Waals surface area contributed by atoms with E-state index in [0.717, 1.165) is 25.1 Å². The van der Waals surface area contributed by atoms with E-state index in [1.807, 2.05) is 12.1 Å². The van der Waals surface area contributed by atoms with E-state index in [-0.39, 0.29) is 0 Å². The van der Waals surface area contributed by atoms with Crippen molar-refractivity contribution in [1.29, 1.82) is 0 Å². The Morgan fingerprint density at radius 1 is 1.06 bits per heavy atom. The Morgan fingerprint density at radius 2 is 1.81 bits per heavy atom. The lowest BCUT2D eigenvalue weighted by Gasteiger charge is -2.10. The third-order valence-corrected chi connectivity index (χ3v) is 2.27. The van der Waals surface area contributed by atoms with Crippen molar-refractivity contribution in [2.24, 2.45) is 0 Å². The molecule has 0 amide bonds. The zero-order valence-corrected chi connectivity index (χ0v) is 10.3. The summed E-state index contributed by atoms with van der Waals surface area (Å²) in [5, 5.41) is 0. The van der Waals surface area contributed by atoms with Crippen LogP contribution in [0.2, 0.25) is 6.82 Å². The number of methoxy groups -OCH3 is 2. The standard InChI is InChI=1S/C12H19BO3/c1-13-9-10-6-11(15-3)8-12(7-10)16-5-4-14-2/h6-8,13H,4-5,9H2,1-3H3. The molecule has 0 N–H and O–H groups in total. The maximum Gasteiger partial charge on any atom is 0.123 e. The first-order valence-corrected chi connectivity index (χ1v) is 5.59. The Morgan fingerprint density at radius 3 is 2.44 bits per heavy atom. The van der Waals surface area contributed by atoms with Gasteiger partial charge in [-0.05, 0) is 17.7 Å². The van der Waals surface area contributed by atoms with Gasteiger partial charge in [0.25, 0.3) is 0 Å². The first-order valence-electron chi connectivity index (χ1n) is 5.59. The topological polar surface area (TPSA) is 27.7 Å². The Hall–Kier alpha value is -1.16. The van der Waals surface area contributed by atoms with Crippen molar-refractivity contribution < 1.29 is 14.2 Å². The lowest BCUT2D eigenvalue weighted by atomic mass is 9.75. The number of hydrogen-bond acceptors (Lipinski definition) is 3. The summed E-state index contributed by atoms with van der Waals surface area (Å²) in [6, 6.07) is 6.00. The minimum Gasteiger partial charge on any atom is -0.497 e. The maximum absolute atomic E-state index is 5.57. The fraction of sp³-hybridized carbons (Fsp3) is 0.500. The molecule has 0 aromatic heterocycles. The Labute approximate surface area is 97.9 Å². The normalized spacial score (nSPS) is 9.94. The molecular formula is C12H19BO3. The van der Waals surface area contributed by atoms with Crippen LogP contribution in [0.4, 0.5) is 0 Å². The predicted molar refractivity (Wildman–Crippen MR) is 67.1 cm³/mol. The van der Waals surface area contributed by atoms with Gasteiger partial charge in [-0.1, -0.05) is 13.1 Å². The summed E-state index contributed by atoms with van der Waals surface area (Å²) < 4.78 is 15.7. The Kier molecular flexibility index (Phi) is 5.79. The van der Waals surface area contributed by atoms with Crippen LogP contribution in [0.25, 0.3) is 0 Å². The van der Waals surface area contributed by atoms with Crippen LogP contribution < -0.4 is 9.47 Å². The van der Waals surface area contributed by atoms with E-state index in [4.69, 9.17) is 14.2 Å². The van der Waals surface area contributed by atoms with Crippen LogP contribution in [0.3, 0.4) is 0 Å². The molecule has 0 radical (unpaired) electrons. The molecule has 1 aromatic rings. The average molecular weight is 222 g/mol. The van der Waals surface area contributed by atoms with Crippen LogP contribution in [0.15, 0.2) is 18.2 Å². The molecule has 0 saturated carbocycles. The second-order valence-electron chi connectivity index (χ2n) is 3.61. The first kappa shape index (κ1) is 12.9. The molecule has 88 valence electrons. The van der Waals surface area contributed by atoms with Crippen molar-refractivity contribution in [2.75, 3.05) is 27.4 Å². The first-order chi connectivity index (χ1) is 7.80. The molecule has 0 unspecified atom stereocenters. The summed E-state index contributed by atoms with van der Waals surface area (Å²) in [7, 11) is 4.45. The van der Waals surface area contributed by atoms with Crippen LogP contribution in [-0.2, 0) is 11.1 Å². The molecule has 16 heavy (non-hydrogen) atoms. The van der Waals surface area contributed by atoms with Crippen LogP contribution >= 0.6 is 0 Å². The molecule has 3 nitrogen and oxygen atoms in total. The molecule has 0 aliphatic heterocycles. The van der Waals surface area contributed by atoms with Gasteiger partial charge in [-0.3, -0.25) is 0 Å². The van der Waals surface area contributed by atoms with Gasteiger partial charge >= 0.3 is 0 Å². The molecule has 0 aliphatic carbocycles. The molecular weight excluding hydrogens is 203 g/mol. The molecule has 0 spiro atoms. The van der Waals surface area contributed by atoms with Gasteiger partial charge in [-0.15, -0.1) is 0 Å². The van der Waals surface area contributed by atoms with Crippen LogP contribution in [0, 0.1) is 0 Å². The smallest absolute Gasteiger partial charge is 0.123 e. The van der Waals surface area contributed by atoms with Crippen LogP contribution in [0.1, 0.15) is 5.56 Å². The summed E-state index contributed by atoms with van der Waals surface area (Å²) in [5.74, 6) is 1.69. The van der Waals surface area contributed by atoms with Gasteiger partial charge in [-0.25, -0.2) is 0 Å². The van der Waals surface area contributed by atoms with Crippen molar-refractivity contribution in [2.45, 2.75) is 13.1 Å². The predicted octanol–water partition coefficient (Wildman–Crippen LogP) is 1.70. The van der Waals surface area contributed by atoms with E-state index in [1.54, 1.807) is 14.2 Å². The number of rotatable bonds is 7. The number of benzene rings is 1. The molecule has 0 saturated heterocycles. The van der Waals surface area contributed by atoms with Gasteiger partial charge < -0.3 is 14.2 Å². The van der Waals surface area contributed by atoms with Crippen molar-refractivity contribution in [3.63, 3.8) is 0 Å².